The van der Waals surface area contributed by atoms with Crippen molar-refractivity contribution in [2.24, 2.45) is 50.7 Å². The Morgan fingerprint density at radius 3 is 1.97 bits per heavy atom. The van der Waals surface area contributed by atoms with Crippen LogP contribution in [0.5, 0.6) is 0 Å². The Balaban J connectivity index is 1.01. The molecular formula is C43H70O16. The topological polar surface area (TPSA) is 255 Å². The number of hydrogen-bond donors (Lipinski definition) is 9. The second-order valence-corrected chi connectivity index (χ2v) is 21.2. The van der Waals surface area contributed by atoms with Crippen LogP contribution in [0.2, 0.25) is 0 Å². The first-order valence-corrected chi connectivity index (χ1v) is 21.9. The molecule has 3 heterocycles. The second kappa shape index (κ2) is 14.8. The van der Waals surface area contributed by atoms with Gasteiger partial charge < -0.3 is 74.4 Å². The summed E-state index contributed by atoms with van der Waals surface area (Å²) in [6, 6.07) is 0. The van der Waals surface area contributed by atoms with Crippen molar-refractivity contribution in [1.29, 1.82) is 0 Å². The number of methoxy groups -OCH3 is 1. The average molecular weight is 843 g/mol. The maximum absolute atomic E-state index is 13.1. The summed E-state index contributed by atoms with van der Waals surface area (Å²) in [4.78, 5) is 13.1. The van der Waals surface area contributed by atoms with E-state index in [1.807, 2.05) is 0 Å². The van der Waals surface area contributed by atoms with Crippen LogP contribution in [0.15, 0.2) is 0 Å². The quantitative estimate of drug-likeness (QED) is 0.125. The van der Waals surface area contributed by atoms with E-state index in [0.717, 1.165) is 38.5 Å². The highest BCUT2D eigenvalue weighted by Crippen LogP contribution is 2.90. The third-order valence-corrected chi connectivity index (χ3v) is 18.5. The first-order chi connectivity index (χ1) is 27.6. The van der Waals surface area contributed by atoms with Crippen molar-refractivity contribution in [3.8, 4) is 0 Å². The summed E-state index contributed by atoms with van der Waals surface area (Å²) in [6.07, 6.45) is -8.48. The Morgan fingerprint density at radius 1 is 0.729 bits per heavy atom. The van der Waals surface area contributed by atoms with Crippen LogP contribution in [0.25, 0.3) is 0 Å². The van der Waals surface area contributed by atoms with Gasteiger partial charge in [-0.1, -0.05) is 34.6 Å². The highest BCUT2D eigenvalue weighted by atomic mass is 16.8. The summed E-state index contributed by atoms with van der Waals surface area (Å²) < 4.78 is 37.7. The molecule has 22 atom stereocenters. The van der Waals surface area contributed by atoms with Crippen LogP contribution in [-0.4, -0.2) is 164 Å². The predicted molar refractivity (Wildman–Crippen MR) is 205 cm³/mol. The van der Waals surface area contributed by atoms with Crippen LogP contribution in [-0.2, 0) is 33.2 Å². The van der Waals surface area contributed by atoms with Gasteiger partial charge in [0.05, 0.1) is 32.0 Å². The summed E-state index contributed by atoms with van der Waals surface area (Å²) in [6.45, 7) is 10.9. The second-order valence-electron chi connectivity index (χ2n) is 21.2. The molecule has 59 heavy (non-hydrogen) atoms. The Labute approximate surface area is 346 Å². The largest absolute Gasteiger partial charge is 0.394 e. The summed E-state index contributed by atoms with van der Waals surface area (Å²) in [5.41, 5.74) is -2.25. The van der Waals surface area contributed by atoms with Crippen molar-refractivity contribution in [3.63, 3.8) is 0 Å². The Hall–Kier alpha value is -0.930. The van der Waals surface area contributed by atoms with E-state index in [1.54, 1.807) is 7.11 Å². The molecule has 16 nitrogen and oxygen atoms in total. The van der Waals surface area contributed by atoms with Crippen molar-refractivity contribution >= 4 is 5.78 Å². The molecule has 3 saturated heterocycles. The van der Waals surface area contributed by atoms with Crippen LogP contribution < -0.4 is 0 Å². The van der Waals surface area contributed by atoms with Crippen LogP contribution in [0.4, 0.5) is 0 Å². The van der Waals surface area contributed by atoms with Crippen molar-refractivity contribution in [3.05, 3.63) is 0 Å². The number of carbonyl (C=O) groups is 1. The number of fused-ring (bicyclic) bond motifs is 4. The van der Waals surface area contributed by atoms with E-state index in [9.17, 15) is 50.8 Å². The zero-order valence-corrected chi connectivity index (χ0v) is 35.6. The van der Waals surface area contributed by atoms with E-state index in [2.05, 4.69) is 34.6 Å². The molecular weight excluding hydrogens is 772 g/mol. The van der Waals surface area contributed by atoms with E-state index < -0.39 is 105 Å². The highest BCUT2D eigenvalue weighted by Gasteiger charge is 2.85. The normalized spacial score (nSPS) is 55.9. The molecule has 8 rings (SSSR count). The monoisotopic (exact) mass is 842 g/mol. The standard InChI is InChI=1S/C43H70O16/c1-20-21(14-26(47)40(6,53)19-46)59-43(54-7)17-39(5)25-9-8-24-37(2,3)27(10-11-41(24)18-42(25,41)13-12-38(39,4)34(20)43)57-36-33(31(51)29(49)23(16-45)56-36)58-35-32(52)30(50)28(48)22(15-44)55-35/h20-25,27-36,44-46,48-53H,8-19H2,1-7H3/t20-,21+,22-,23-,24+,25+,27+,28-,29-,30+,31+,32-,33-,34-,35+,36+,38-,39+,40+,41-,42+,43+/m1/s1. The fourth-order valence-electron chi connectivity index (χ4n) is 15.2. The molecule has 338 valence electrons. The minimum absolute atomic E-state index is 0.00628. The molecule has 0 aromatic carbocycles. The van der Waals surface area contributed by atoms with Crippen molar-refractivity contribution in [2.45, 2.75) is 184 Å². The molecule has 5 aliphatic carbocycles. The zero-order valence-electron chi connectivity index (χ0n) is 35.6. The maximum atomic E-state index is 13.1. The van der Waals surface area contributed by atoms with Gasteiger partial charge in [-0.15, -0.1) is 0 Å². The third kappa shape index (κ3) is 6.13. The minimum Gasteiger partial charge on any atom is -0.394 e. The van der Waals surface area contributed by atoms with E-state index in [4.69, 9.17) is 28.4 Å². The summed E-state index contributed by atoms with van der Waals surface area (Å²) >= 11 is 0. The van der Waals surface area contributed by atoms with E-state index in [-0.39, 0.29) is 57.4 Å². The molecule has 8 fully saturated rings. The van der Waals surface area contributed by atoms with Gasteiger partial charge in [0.25, 0.3) is 0 Å². The summed E-state index contributed by atoms with van der Waals surface area (Å²) in [5.74, 6) is -0.566. The van der Waals surface area contributed by atoms with Gasteiger partial charge in [0.15, 0.2) is 24.2 Å². The number of carbonyl (C=O) groups excluding carboxylic acids is 1. The lowest BCUT2D eigenvalue weighted by atomic mass is 9.41. The van der Waals surface area contributed by atoms with Crippen molar-refractivity contribution < 1.29 is 79.2 Å². The number of rotatable bonds is 11. The van der Waals surface area contributed by atoms with Crippen LogP contribution in [0.3, 0.4) is 0 Å². The van der Waals surface area contributed by atoms with Gasteiger partial charge in [0.1, 0.15) is 54.4 Å². The van der Waals surface area contributed by atoms with Crippen molar-refractivity contribution in [2.75, 3.05) is 26.9 Å². The number of aliphatic hydroxyl groups excluding tert-OH is 8. The average Bonchev–Trinajstić information content (AvgIpc) is 3.71. The maximum Gasteiger partial charge on any atom is 0.187 e. The lowest BCUT2D eigenvalue weighted by molar-refractivity contribution is -0.377. The predicted octanol–water partition coefficient (Wildman–Crippen LogP) is 0.125. The van der Waals surface area contributed by atoms with E-state index in [0.29, 0.717) is 18.8 Å². The van der Waals surface area contributed by atoms with Gasteiger partial charge in [-0.05, 0) is 96.7 Å². The first kappa shape index (κ1) is 44.7. The number of ether oxygens (including phenoxy) is 6. The summed E-state index contributed by atoms with van der Waals surface area (Å²) in [7, 11) is 1.71. The van der Waals surface area contributed by atoms with Crippen LogP contribution in [0.1, 0.15) is 99.3 Å². The molecule has 0 bridgehead atoms. The number of Topliss-reactive ketones (excluding diaryl/α,β-unsaturated/α-hetero) is 1. The fraction of sp³-hybridized carbons (Fsp3) is 0.977. The number of hydrogen-bond acceptors (Lipinski definition) is 16. The van der Waals surface area contributed by atoms with Gasteiger partial charge >= 0.3 is 0 Å². The molecule has 8 aliphatic rings. The summed E-state index contributed by atoms with van der Waals surface area (Å²) in [5, 5.41) is 93.7. The molecule has 2 spiro atoms. The minimum atomic E-state index is -1.83. The molecule has 9 N–H and O–H groups in total. The van der Waals surface area contributed by atoms with Gasteiger partial charge in [-0.3, -0.25) is 4.79 Å². The molecule has 0 aromatic rings. The molecule has 0 radical (unpaired) electrons. The molecule has 0 unspecified atom stereocenters. The molecule has 3 aliphatic heterocycles. The highest BCUT2D eigenvalue weighted by molar-refractivity contribution is 5.87. The van der Waals surface area contributed by atoms with E-state index in [1.165, 1.54) is 6.92 Å². The van der Waals surface area contributed by atoms with Crippen LogP contribution in [0, 0.1) is 50.7 Å². The van der Waals surface area contributed by atoms with Gasteiger partial charge in [0.2, 0.25) is 0 Å². The number of aliphatic hydroxyl groups is 9. The lowest BCUT2D eigenvalue weighted by Gasteiger charge is -2.63. The third-order valence-electron chi connectivity index (χ3n) is 18.5. The van der Waals surface area contributed by atoms with Gasteiger partial charge in [0, 0.05) is 25.9 Å². The lowest BCUT2D eigenvalue weighted by Crippen LogP contribution is -2.65. The molecule has 0 amide bonds. The Morgan fingerprint density at radius 2 is 1.34 bits per heavy atom. The Bertz CT molecular complexity index is 1590. The smallest absolute Gasteiger partial charge is 0.187 e. The molecule has 5 saturated carbocycles. The molecule has 16 heteroatoms. The van der Waals surface area contributed by atoms with Crippen molar-refractivity contribution in [1.82, 2.24) is 0 Å². The molecule has 0 aromatic heterocycles. The number of ketones is 1. The SMILES string of the molecule is CO[C@]12C[C@@]3(C)[C@@H]4CC[C@H]5C(C)(C)[C@@H](O[C@@H]6O[C@H](CO)[C@@H](O)[C@H](O)[C@H]6O[C@@H]6O[C@H](CO)[C@@H](O)[C@H](O)[C@H]6O)CC[C@@]56C[C@@]46CC[C@]3(C)[C@H]1[C@H](C)[C@H](CC(=O)[C@@](C)(O)CO)O2. The first-order valence-electron chi connectivity index (χ1n) is 21.9. The van der Waals surface area contributed by atoms with Gasteiger partial charge in [-0.2, -0.15) is 0 Å². The van der Waals surface area contributed by atoms with E-state index >= 15 is 0 Å². The Kier molecular flexibility index (Phi) is 11.2. The fourth-order valence-corrected chi connectivity index (χ4v) is 15.2. The van der Waals surface area contributed by atoms with Crippen LogP contribution >= 0.6 is 0 Å². The zero-order chi connectivity index (χ0) is 43.0. The van der Waals surface area contributed by atoms with Gasteiger partial charge in [-0.25, -0.2) is 0 Å².